The summed E-state index contributed by atoms with van der Waals surface area (Å²) in [6, 6.07) is 4.49. The summed E-state index contributed by atoms with van der Waals surface area (Å²) in [6.07, 6.45) is 3.00. The minimum atomic E-state index is -0.713. The van der Waals surface area contributed by atoms with Crippen LogP contribution in [0.1, 0.15) is 5.69 Å². The summed E-state index contributed by atoms with van der Waals surface area (Å²) in [5.41, 5.74) is 2.46. The Labute approximate surface area is 121 Å². The maximum absolute atomic E-state index is 12.0. The van der Waals surface area contributed by atoms with Gasteiger partial charge < -0.3 is 9.99 Å². The molecule has 0 spiro atoms. The van der Waals surface area contributed by atoms with Crippen LogP contribution in [0, 0.1) is 10.1 Å². The average molecular weight is 340 g/mol. The molecule has 0 aromatic carbocycles. The third-order valence-electron chi connectivity index (χ3n) is 2.55. The van der Waals surface area contributed by atoms with Gasteiger partial charge in [-0.1, -0.05) is 0 Å². The molecule has 104 valence electrons. The van der Waals surface area contributed by atoms with Gasteiger partial charge in [0, 0.05) is 22.9 Å². The number of hydrazine groups is 1. The highest BCUT2D eigenvalue weighted by atomic mass is 79.9. The Morgan fingerprint density at radius 1 is 1.50 bits per heavy atom. The summed E-state index contributed by atoms with van der Waals surface area (Å²) in [6.45, 7) is 0.106. The second kappa shape index (κ2) is 5.80. The molecule has 8 nitrogen and oxygen atoms in total. The number of hydrogen-bond acceptors (Lipinski definition) is 6. The molecule has 0 aliphatic carbocycles. The van der Waals surface area contributed by atoms with Crippen molar-refractivity contribution in [3.63, 3.8) is 0 Å². The molecule has 0 aliphatic rings. The zero-order chi connectivity index (χ0) is 14.7. The molecule has 0 amide bonds. The quantitative estimate of drug-likeness (QED) is 0.492. The van der Waals surface area contributed by atoms with Gasteiger partial charge in [-0.25, -0.2) is 0 Å². The number of rotatable bonds is 4. The molecule has 0 atom stereocenters. The summed E-state index contributed by atoms with van der Waals surface area (Å²) in [5.74, 6) is 5.29. The minimum absolute atomic E-state index is 0.106. The van der Waals surface area contributed by atoms with Crippen LogP contribution in [-0.4, -0.2) is 14.5 Å². The molecule has 2 aromatic heterocycles. The number of anilines is 1. The number of nitrogen functional groups attached to an aromatic ring is 1. The van der Waals surface area contributed by atoms with E-state index in [9.17, 15) is 14.9 Å². The molecule has 0 fully saturated rings. The molecule has 20 heavy (non-hydrogen) atoms. The molecule has 0 saturated heterocycles. The van der Waals surface area contributed by atoms with Crippen molar-refractivity contribution >= 4 is 27.3 Å². The van der Waals surface area contributed by atoms with Crippen molar-refractivity contribution in [3.05, 3.63) is 61.2 Å². The third kappa shape index (κ3) is 3.00. The molecule has 3 N–H and O–H groups in total. The van der Waals surface area contributed by atoms with Gasteiger partial charge in [-0.15, -0.1) is 0 Å². The summed E-state index contributed by atoms with van der Waals surface area (Å²) >= 11 is 3.14. The van der Waals surface area contributed by atoms with Gasteiger partial charge in [0.05, 0.1) is 22.8 Å². The first kappa shape index (κ1) is 14.2. The molecule has 0 unspecified atom stereocenters. The average Bonchev–Trinajstić information content (AvgIpc) is 2.42. The van der Waals surface area contributed by atoms with Crippen LogP contribution in [0.3, 0.4) is 0 Å². The highest BCUT2D eigenvalue weighted by Gasteiger charge is 2.16. The Hall–Kier alpha value is -2.26. The van der Waals surface area contributed by atoms with E-state index >= 15 is 0 Å². The van der Waals surface area contributed by atoms with Crippen LogP contribution in [0.5, 0.6) is 0 Å². The van der Waals surface area contributed by atoms with Crippen LogP contribution in [0.15, 0.2) is 39.9 Å². The summed E-state index contributed by atoms with van der Waals surface area (Å²) in [4.78, 5) is 26.1. The van der Waals surface area contributed by atoms with E-state index in [2.05, 4.69) is 26.3 Å². The van der Waals surface area contributed by atoms with Gasteiger partial charge in [0.1, 0.15) is 0 Å². The lowest BCUT2D eigenvalue weighted by molar-refractivity contribution is -0.386. The number of nitrogens with one attached hydrogen (secondary N) is 1. The van der Waals surface area contributed by atoms with Gasteiger partial charge >= 0.3 is 11.2 Å². The first-order chi connectivity index (χ1) is 9.51. The summed E-state index contributed by atoms with van der Waals surface area (Å²) in [5, 5.41) is 10.8. The van der Waals surface area contributed by atoms with Crippen molar-refractivity contribution < 1.29 is 4.92 Å². The molecular weight excluding hydrogens is 330 g/mol. The second-order valence-electron chi connectivity index (χ2n) is 3.91. The largest absolute Gasteiger partial charge is 0.335 e. The summed E-state index contributed by atoms with van der Waals surface area (Å²) in [7, 11) is 0. The number of nitrogens with two attached hydrogens (primary N) is 1. The van der Waals surface area contributed by atoms with Crippen molar-refractivity contribution in [1.29, 1.82) is 0 Å². The lowest BCUT2D eigenvalue weighted by atomic mass is 10.3. The zero-order valence-electron chi connectivity index (χ0n) is 10.1. The Kier molecular flexibility index (Phi) is 4.11. The molecular formula is C11H10BrN5O3. The lowest BCUT2D eigenvalue weighted by Gasteiger charge is -2.07. The highest BCUT2D eigenvalue weighted by Crippen LogP contribution is 2.15. The van der Waals surface area contributed by atoms with Crippen LogP contribution in [0.4, 0.5) is 11.4 Å². The maximum Gasteiger partial charge on any atom is 0.335 e. The molecule has 2 rings (SSSR count). The standard InChI is InChI=1S/C11H10BrN5O3/c12-7-3-10(17(19)20)11(18)16(5-7)6-9-4-8(15-13)1-2-14-9/h1-5H,6,13H2,(H,14,15). The third-order valence-corrected chi connectivity index (χ3v) is 2.98. The van der Waals surface area contributed by atoms with Gasteiger partial charge in [-0.2, -0.15) is 0 Å². The van der Waals surface area contributed by atoms with E-state index < -0.39 is 16.2 Å². The smallest absolute Gasteiger partial charge is 0.324 e. The number of aromatic nitrogens is 2. The molecule has 0 aliphatic heterocycles. The van der Waals surface area contributed by atoms with Gasteiger partial charge in [0.25, 0.3) is 0 Å². The molecule has 9 heteroatoms. The van der Waals surface area contributed by atoms with Gasteiger partial charge in [-0.05, 0) is 28.1 Å². The topological polar surface area (TPSA) is 116 Å². The van der Waals surface area contributed by atoms with Crippen LogP contribution < -0.4 is 16.8 Å². The van der Waals surface area contributed by atoms with E-state index in [1.807, 2.05) is 0 Å². The predicted octanol–water partition coefficient (Wildman–Crippen LogP) is 1.25. The van der Waals surface area contributed by atoms with Gasteiger partial charge in [0.15, 0.2) is 0 Å². The zero-order valence-corrected chi connectivity index (χ0v) is 11.7. The number of nitrogens with zero attached hydrogens (tertiary/aromatic N) is 3. The Bertz CT molecular complexity index is 715. The summed E-state index contributed by atoms with van der Waals surface area (Å²) < 4.78 is 1.65. The van der Waals surface area contributed by atoms with Crippen molar-refractivity contribution in [2.75, 3.05) is 5.43 Å². The molecule has 0 radical (unpaired) electrons. The van der Waals surface area contributed by atoms with E-state index in [4.69, 9.17) is 5.84 Å². The Balaban J connectivity index is 2.43. The van der Waals surface area contributed by atoms with Crippen molar-refractivity contribution in [2.24, 2.45) is 5.84 Å². The number of hydrogen-bond donors (Lipinski definition) is 2. The molecule has 2 aromatic rings. The van der Waals surface area contributed by atoms with E-state index in [1.54, 1.807) is 12.1 Å². The van der Waals surface area contributed by atoms with E-state index in [0.29, 0.717) is 15.9 Å². The van der Waals surface area contributed by atoms with Crippen molar-refractivity contribution in [1.82, 2.24) is 9.55 Å². The van der Waals surface area contributed by atoms with Crippen molar-refractivity contribution in [3.8, 4) is 0 Å². The van der Waals surface area contributed by atoms with Crippen LogP contribution in [-0.2, 0) is 6.54 Å². The molecule has 0 bridgehead atoms. The molecule has 0 saturated carbocycles. The van der Waals surface area contributed by atoms with Crippen molar-refractivity contribution in [2.45, 2.75) is 6.54 Å². The fourth-order valence-corrected chi connectivity index (χ4v) is 2.13. The SMILES string of the molecule is NNc1ccnc(Cn2cc(Br)cc([N+](=O)[O-])c2=O)c1. The van der Waals surface area contributed by atoms with Crippen LogP contribution >= 0.6 is 15.9 Å². The lowest BCUT2D eigenvalue weighted by Crippen LogP contribution is -2.23. The fourth-order valence-electron chi connectivity index (χ4n) is 1.66. The monoisotopic (exact) mass is 339 g/mol. The van der Waals surface area contributed by atoms with Crippen LogP contribution in [0.2, 0.25) is 0 Å². The maximum atomic E-state index is 12.0. The normalized spacial score (nSPS) is 10.3. The first-order valence-electron chi connectivity index (χ1n) is 5.47. The fraction of sp³-hybridized carbons (Fsp3) is 0.0909. The highest BCUT2D eigenvalue weighted by molar-refractivity contribution is 9.10. The van der Waals surface area contributed by atoms with Gasteiger partial charge in [0.2, 0.25) is 0 Å². The number of nitro groups is 1. The Morgan fingerprint density at radius 3 is 2.90 bits per heavy atom. The molecule has 2 heterocycles. The Morgan fingerprint density at radius 2 is 2.25 bits per heavy atom. The van der Waals surface area contributed by atoms with Crippen LogP contribution in [0.25, 0.3) is 0 Å². The predicted molar refractivity (Wildman–Crippen MR) is 76.2 cm³/mol. The first-order valence-corrected chi connectivity index (χ1v) is 6.26. The number of halogens is 1. The van der Waals surface area contributed by atoms with E-state index in [1.165, 1.54) is 23.0 Å². The number of pyridine rings is 2. The second-order valence-corrected chi connectivity index (χ2v) is 4.83. The van der Waals surface area contributed by atoms with E-state index in [0.717, 1.165) is 0 Å². The van der Waals surface area contributed by atoms with Gasteiger partial charge in [-0.3, -0.25) is 25.7 Å². The minimum Gasteiger partial charge on any atom is -0.324 e. The van der Waals surface area contributed by atoms with E-state index in [-0.39, 0.29) is 6.54 Å².